The molecule has 2 unspecified atom stereocenters. The fourth-order valence-electron chi connectivity index (χ4n) is 8.14. The van der Waals surface area contributed by atoms with Gasteiger partial charge in [-0.3, -0.25) is 4.79 Å². The van der Waals surface area contributed by atoms with Crippen LogP contribution in [-0.2, 0) is 43.1 Å². The van der Waals surface area contributed by atoms with Crippen molar-refractivity contribution in [2.75, 3.05) is 13.2 Å². The van der Waals surface area contributed by atoms with E-state index in [1.807, 2.05) is 81.7 Å². The zero-order valence-electron chi connectivity index (χ0n) is 38.7. The normalized spacial score (nSPS) is 12.4. The number of fused-ring (bicyclic) bond motifs is 4. The molecule has 0 bridgehead atoms. The number of aryl methyl sites for hydroxylation is 4. The third kappa shape index (κ3) is 12.5. The van der Waals surface area contributed by atoms with Crippen molar-refractivity contribution in [3.63, 3.8) is 0 Å². The Morgan fingerprint density at radius 1 is 0.714 bits per heavy atom. The molecule has 19 heteroatoms. The maximum atomic E-state index is 13.2. The molecule has 12 nitrogen and oxygen atoms in total. The number of rotatable bonds is 17. The van der Waals surface area contributed by atoms with Crippen molar-refractivity contribution in [2.24, 2.45) is 0 Å². The maximum absolute atomic E-state index is 13.2. The van der Waals surface area contributed by atoms with Gasteiger partial charge in [0.2, 0.25) is 6.04 Å². The molecule has 0 spiro atoms. The average Bonchev–Trinajstić information content (AvgIpc) is 4.12. The van der Waals surface area contributed by atoms with Gasteiger partial charge in [0.15, 0.2) is 22.6 Å². The molecule has 0 aliphatic rings. The van der Waals surface area contributed by atoms with E-state index in [2.05, 4.69) is 24.3 Å². The van der Waals surface area contributed by atoms with Gasteiger partial charge in [0.1, 0.15) is 11.5 Å². The third-order valence-electron chi connectivity index (χ3n) is 11.7. The largest absolute Gasteiger partial charge is 1.00 e. The first kappa shape index (κ1) is 56.6. The minimum atomic E-state index is -4.58. The van der Waals surface area contributed by atoms with Crippen molar-refractivity contribution < 1.29 is 89.8 Å². The molecule has 8 rings (SSSR count). The van der Waals surface area contributed by atoms with Gasteiger partial charge in [-0.2, -0.15) is 26.3 Å². The van der Waals surface area contributed by atoms with Gasteiger partial charge in [0.05, 0.1) is 29.9 Å². The summed E-state index contributed by atoms with van der Waals surface area (Å²) in [5.74, 6) is -0.405. The number of hydrogen-bond acceptors (Lipinski definition) is 8. The van der Waals surface area contributed by atoms with E-state index in [-0.39, 0.29) is 70.4 Å². The van der Waals surface area contributed by atoms with E-state index in [0.717, 1.165) is 58.7 Å². The van der Waals surface area contributed by atoms with Crippen LogP contribution in [0.1, 0.15) is 106 Å². The quantitative estimate of drug-likeness (QED) is 0.0407. The monoisotopic (exact) mass is 985 g/mol. The van der Waals surface area contributed by atoms with Crippen LogP contribution < -0.4 is 39.0 Å². The number of aliphatic carboxylic acids is 1. The van der Waals surface area contributed by atoms with E-state index < -0.39 is 35.6 Å². The summed E-state index contributed by atoms with van der Waals surface area (Å²) in [5, 5.41) is 17.7. The van der Waals surface area contributed by atoms with Crippen LogP contribution in [0.25, 0.3) is 48.6 Å². The summed E-state index contributed by atoms with van der Waals surface area (Å²) in [6, 6.07) is 21.3. The molecule has 2 atom stereocenters. The number of hydrogen-bond donors (Lipinski definition) is 1. The fraction of sp³-hybridized carbons (Fsp3) is 0.373. The molecule has 368 valence electrons. The van der Waals surface area contributed by atoms with E-state index >= 15 is 0 Å². The Balaban J connectivity index is 0.000000292. The van der Waals surface area contributed by atoms with Crippen LogP contribution in [0.3, 0.4) is 0 Å². The Kier molecular flexibility index (Phi) is 19.6. The zero-order chi connectivity index (χ0) is 48.0. The van der Waals surface area contributed by atoms with Crippen molar-refractivity contribution >= 4 is 49.7 Å². The molecule has 4 aromatic heterocycles. The Hall–Kier alpha value is -6.00. The first-order valence-electron chi connectivity index (χ1n) is 22.0. The standard InChI is InChI=1S/C25H24F3N3O2.C25H25F3N2O4.CH4.Na.H2O/c1-4-6-19-22(10-8-20-23(19)33-30-24(20)25(26,27)28)32-14-5-12-31-13-11-18-15-17(16(2)29-3)7-9-21(18)31;1-3-5-18-21(9-7-19-22(18)34-29-23(19)25(26,27)28)33-13-4-11-30-12-10-17-14-16(6-8-20(17)30)15(2)24(31)32;;;/h7-11,13,15-16H,4-6,12,14H2,1-2H3;6-10,12,14-15H,3-5,11,13H2,1-2H3,(H,31,32);1H4;;1H2/q;;;+1;/p-1. The number of halogens is 6. The molecule has 0 saturated heterocycles. The molecule has 0 amide bonds. The number of carbonyl (C=O) groups is 1. The van der Waals surface area contributed by atoms with Crippen LogP contribution in [-0.4, -0.2) is 49.2 Å². The van der Waals surface area contributed by atoms with E-state index in [0.29, 0.717) is 61.6 Å². The average molecular weight is 986 g/mol. The summed E-state index contributed by atoms with van der Waals surface area (Å²) in [6.45, 7) is 16.8. The van der Waals surface area contributed by atoms with Gasteiger partial charge in [-0.05, 0) is 110 Å². The summed E-state index contributed by atoms with van der Waals surface area (Å²) in [5.41, 5.74) is 3.28. The zero-order valence-corrected chi connectivity index (χ0v) is 40.7. The summed E-state index contributed by atoms with van der Waals surface area (Å²) in [7, 11) is 0. The molecule has 0 aliphatic carbocycles. The molecule has 4 aromatic carbocycles. The van der Waals surface area contributed by atoms with Crippen LogP contribution in [0.15, 0.2) is 94.2 Å². The van der Waals surface area contributed by atoms with Crippen LogP contribution in [0.5, 0.6) is 11.5 Å². The Labute approximate surface area is 422 Å². The van der Waals surface area contributed by atoms with Crippen molar-refractivity contribution in [3.8, 4) is 11.5 Å². The summed E-state index contributed by atoms with van der Waals surface area (Å²) in [4.78, 5) is 14.8. The van der Waals surface area contributed by atoms with Crippen LogP contribution in [0.2, 0.25) is 0 Å². The number of nitrogens with zero attached hydrogens (tertiary/aromatic N) is 5. The van der Waals surface area contributed by atoms with Crippen molar-refractivity contribution in [1.29, 1.82) is 0 Å². The Morgan fingerprint density at radius 3 is 1.54 bits per heavy atom. The van der Waals surface area contributed by atoms with E-state index in [1.54, 1.807) is 19.1 Å². The van der Waals surface area contributed by atoms with Crippen LogP contribution in [0.4, 0.5) is 26.3 Å². The van der Waals surface area contributed by atoms with Crippen LogP contribution >= 0.6 is 0 Å². The van der Waals surface area contributed by atoms with Crippen molar-refractivity contribution in [3.05, 3.63) is 130 Å². The third-order valence-corrected chi connectivity index (χ3v) is 11.7. The van der Waals surface area contributed by atoms with E-state index in [1.165, 1.54) is 12.1 Å². The number of aromatic nitrogens is 4. The van der Waals surface area contributed by atoms with Crippen molar-refractivity contribution in [1.82, 2.24) is 19.4 Å². The number of benzene rings is 4. The van der Waals surface area contributed by atoms with E-state index in [9.17, 15) is 36.2 Å². The topological polar surface area (TPSA) is 152 Å². The summed E-state index contributed by atoms with van der Waals surface area (Å²) in [6.07, 6.45) is -1.29. The smallest absolute Gasteiger partial charge is 0.870 e. The molecular formula is C51H54F6N5NaO7. The first-order valence-corrected chi connectivity index (χ1v) is 22.0. The second-order valence-corrected chi connectivity index (χ2v) is 16.3. The molecule has 4 heterocycles. The fourth-order valence-corrected chi connectivity index (χ4v) is 8.14. The van der Waals surface area contributed by atoms with Gasteiger partial charge in [-0.25, -0.2) is 6.57 Å². The predicted octanol–water partition coefficient (Wildman–Crippen LogP) is 11.1. The van der Waals surface area contributed by atoms with Gasteiger partial charge in [0.25, 0.3) is 0 Å². The van der Waals surface area contributed by atoms with Crippen molar-refractivity contribution in [2.45, 2.75) is 111 Å². The molecule has 0 fully saturated rings. The maximum Gasteiger partial charge on any atom is 1.00 e. The molecule has 2 N–H and O–H groups in total. The Morgan fingerprint density at radius 2 is 1.14 bits per heavy atom. The number of alkyl halides is 6. The number of carboxylic acid groups (broad SMARTS) is 1. The molecule has 70 heavy (non-hydrogen) atoms. The molecule has 0 radical (unpaired) electrons. The second kappa shape index (κ2) is 24.2. The predicted molar refractivity (Wildman–Crippen MR) is 250 cm³/mol. The molecular weight excluding hydrogens is 932 g/mol. The minimum absolute atomic E-state index is 0. The van der Waals surface area contributed by atoms with Crippen LogP contribution in [0, 0.1) is 6.57 Å². The van der Waals surface area contributed by atoms with Gasteiger partial charge in [-0.15, -0.1) is 0 Å². The molecule has 8 aromatic rings. The van der Waals surface area contributed by atoms with E-state index in [4.69, 9.17) is 25.1 Å². The number of ether oxygens (including phenoxy) is 2. The minimum Gasteiger partial charge on any atom is -0.870 e. The Bertz CT molecular complexity index is 3060. The number of carboxylic acids is 1. The van der Waals surface area contributed by atoms with Gasteiger partial charge >= 0.3 is 47.9 Å². The SMILES string of the molecule is C.CCCc1c(OCCCn2ccc3cc(C(C)C(=O)O)ccc32)ccc2c(C(F)(F)F)noc12.[C-]#[N+]C(C)c1ccc2c(ccn2CCCOc2ccc3c(C(F)(F)F)noc3c2CCC)c1.[Na+].[OH-]. The second-order valence-electron chi connectivity index (χ2n) is 16.3. The van der Waals surface area contributed by atoms with Gasteiger partial charge < -0.3 is 43.1 Å². The summed E-state index contributed by atoms with van der Waals surface area (Å²) < 4.78 is 105. The van der Waals surface area contributed by atoms with Gasteiger partial charge in [0, 0.05) is 65.5 Å². The van der Waals surface area contributed by atoms with Gasteiger partial charge in [-0.1, -0.05) is 50.5 Å². The molecule has 0 aliphatic heterocycles. The molecule has 0 saturated carbocycles. The first-order chi connectivity index (χ1) is 32.0. The summed E-state index contributed by atoms with van der Waals surface area (Å²) >= 11 is 0.